The van der Waals surface area contributed by atoms with Gasteiger partial charge < -0.3 is 10.2 Å². The standard InChI is InChI=1S/C24H32O2/c1-11-13(3)17(7)21(18(8)14(11)4)23(24(25)26)22-19(9)15(5)12(2)16(6)20(22)10/h25-26H,1-10H3. The van der Waals surface area contributed by atoms with E-state index in [1.807, 2.05) is 0 Å². The van der Waals surface area contributed by atoms with Gasteiger partial charge in [-0.3, -0.25) is 0 Å². The summed E-state index contributed by atoms with van der Waals surface area (Å²) in [6.07, 6.45) is 0. The Bertz CT molecular complexity index is 810. The van der Waals surface area contributed by atoms with Crippen molar-refractivity contribution in [3.8, 4) is 0 Å². The summed E-state index contributed by atoms with van der Waals surface area (Å²) in [6.45, 7) is 21.0. The summed E-state index contributed by atoms with van der Waals surface area (Å²) >= 11 is 0. The lowest BCUT2D eigenvalue weighted by Crippen LogP contribution is -2.09. The second kappa shape index (κ2) is 6.83. The first-order valence-corrected chi connectivity index (χ1v) is 9.20. The minimum Gasteiger partial charge on any atom is -0.481 e. The van der Waals surface area contributed by atoms with Crippen LogP contribution in [-0.4, -0.2) is 10.2 Å². The Morgan fingerprint density at radius 1 is 0.385 bits per heavy atom. The van der Waals surface area contributed by atoms with Crippen molar-refractivity contribution in [2.24, 2.45) is 0 Å². The fourth-order valence-electron chi connectivity index (χ4n) is 4.10. The number of hydrogen-bond donors (Lipinski definition) is 2. The molecule has 0 fully saturated rings. The predicted octanol–water partition coefficient (Wildman–Crippen LogP) is 6.60. The molecule has 0 aliphatic carbocycles. The van der Waals surface area contributed by atoms with Crippen LogP contribution < -0.4 is 0 Å². The zero-order chi connectivity index (χ0) is 20.1. The Kier molecular flexibility index (Phi) is 5.28. The largest absolute Gasteiger partial charge is 0.481 e. The average Bonchev–Trinajstić information content (AvgIpc) is 2.60. The van der Waals surface area contributed by atoms with Crippen LogP contribution in [0.15, 0.2) is 5.95 Å². The fraction of sp³-hybridized carbons (Fsp3) is 0.417. The van der Waals surface area contributed by atoms with Crippen LogP contribution in [0.5, 0.6) is 0 Å². The minimum atomic E-state index is -0.604. The molecule has 0 bridgehead atoms. The smallest absolute Gasteiger partial charge is 0.282 e. The van der Waals surface area contributed by atoms with Crippen molar-refractivity contribution in [2.75, 3.05) is 0 Å². The van der Waals surface area contributed by atoms with E-state index in [1.165, 1.54) is 33.4 Å². The van der Waals surface area contributed by atoms with Gasteiger partial charge in [-0.2, -0.15) is 0 Å². The van der Waals surface area contributed by atoms with Gasteiger partial charge in [0.2, 0.25) is 0 Å². The summed E-state index contributed by atoms with van der Waals surface area (Å²) < 4.78 is 0. The number of hydrogen-bond acceptors (Lipinski definition) is 2. The van der Waals surface area contributed by atoms with Gasteiger partial charge in [0.15, 0.2) is 0 Å². The van der Waals surface area contributed by atoms with Crippen molar-refractivity contribution in [1.29, 1.82) is 0 Å². The fourth-order valence-corrected chi connectivity index (χ4v) is 4.10. The molecule has 0 spiro atoms. The lowest BCUT2D eigenvalue weighted by molar-refractivity contribution is 0.194. The van der Waals surface area contributed by atoms with Crippen LogP contribution in [0.3, 0.4) is 0 Å². The van der Waals surface area contributed by atoms with E-state index in [0.29, 0.717) is 5.57 Å². The summed E-state index contributed by atoms with van der Waals surface area (Å²) in [6, 6.07) is 0. The third kappa shape index (κ3) is 2.82. The summed E-state index contributed by atoms with van der Waals surface area (Å²) in [4.78, 5) is 0. The molecular formula is C24H32O2. The molecule has 0 aliphatic rings. The summed E-state index contributed by atoms with van der Waals surface area (Å²) in [5.41, 5.74) is 14.2. The molecule has 0 aromatic heterocycles. The number of aliphatic hydroxyl groups excluding tert-OH is 1. The first-order chi connectivity index (χ1) is 11.9. The van der Waals surface area contributed by atoms with E-state index in [0.717, 1.165) is 33.4 Å². The van der Waals surface area contributed by atoms with Gasteiger partial charge >= 0.3 is 0 Å². The van der Waals surface area contributed by atoms with E-state index < -0.39 is 5.95 Å². The topological polar surface area (TPSA) is 40.5 Å². The van der Waals surface area contributed by atoms with Gasteiger partial charge in [-0.05, 0) is 136 Å². The van der Waals surface area contributed by atoms with Crippen molar-refractivity contribution in [3.63, 3.8) is 0 Å². The van der Waals surface area contributed by atoms with Gasteiger partial charge in [0.05, 0.1) is 5.57 Å². The van der Waals surface area contributed by atoms with E-state index in [4.69, 9.17) is 0 Å². The zero-order valence-electron chi connectivity index (χ0n) is 17.9. The highest BCUT2D eigenvalue weighted by Crippen LogP contribution is 2.40. The average molecular weight is 353 g/mol. The van der Waals surface area contributed by atoms with Gasteiger partial charge in [0, 0.05) is 0 Å². The molecule has 2 aromatic rings. The van der Waals surface area contributed by atoms with Gasteiger partial charge in [0.1, 0.15) is 0 Å². The van der Waals surface area contributed by atoms with Crippen LogP contribution in [-0.2, 0) is 0 Å². The molecule has 26 heavy (non-hydrogen) atoms. The van der Waals surface area contributed by atoms with Crippen molar-refractivity contribution >= 4 is 5.57 Å². The molecule has 0 aliphatic heterocycles. The Morgan fingerprint density at radius 2 is 0.577 bits per heavy atom. The molecule has 0 heterocycles. The first kappa shape index (κ1) is 20.1. The highest BCUT2D eigenvalue weighted by Gasteiger charge is 2.25. The maximum absolute atomic E-state index is 10.4. The van der Waals surface area contributed by atoms with E-state index in [-0.39, 0.29) is 0 Å². The van der Waals surface area contributed by atoms with Crippen molar-refractivity contribution < 1.29 is 10.2 Å². The SMILES string of the molecule is Cc1c(C)c(C)c(C(=C(O)O)c2c(C)c(C)c(C)c(C)c2C)c(C)c1C. The molecule has 0 radical (unpaired) electrons. The zero-order valence-corrected chi connectivity index (χ0v) is 17.9. The van der Waals surface area contributed by atoms with Crippen LogP contribution in [0.4, 0.5) is 0 Å². The van der Waals surface area contributed by atoms with E-state index in [9.17, 15) is 10.2 Å². The Labute approximate surface area is 158 Å². The third-order valence-corrected chi connectivity index (χ3v) is 6.72. The quantitative estimate of drug-likeness (QED) is 0.597. The molecule has 0 amide bonds. The van der Waals surface area contributed by atoms with E-state index in [2.05, 4.69) is 69.2 Å². The Balaban J connectivity index is 3.06. The van der Waals surface area contributed by atoms with Crippen molar-refractivity contribution in [1.82, 2.24) is 0 Å². The van der Waals surface area contributed by atoms with Crippen LogP contribution in [0.2, 0.25) is 0 Å². The molecule has 0 saturated heterocycles. The number of rotatable bonds is 2. The van der Waals surface area contributed by atoms with Crippen LogP contribution >= 0.6 is 0 Å². The summed E-state index contributed by atoms with van der Waals surface area (Å²) in [5, 5.41) is 20.7. The second-order valence-electron chi connectivity index (χ2n) is 7.70. The lowest BCUT2D eigenvalue weighted by Gasteiger charge is -2.25. The predicted molar refractivity (Wildman–Crippen MR) is 112 cm³/mol. The molecule has 2 aromatic carbocycles. The minimum absolute atomic E-state index is 0.549. The maximum Gasteiger partial charge on any atom is 0.282 e. The Morgan fingerprint density at radius 3 is 0.769 bits per heavy atom. The van der Waals surface area contributed by atoms with Crippen LogP contribution in [0.1, 0.15) is 66.8 Å². The molecule has 0 saturated carbocycles. The second-order valence-corrected chi connectivity index (χ2v) is 7.70. The molecule has 0 unspecified atom stereocenters. The van der Waals surface area contributed by atoms with Crippen molar-refractivity contribution in [2.45, 2.75) is 69.2 Å². The molecule has 2 nitrogen and oxygen atoms in total. The Hall–Kier alpha value is -2.22. The van der Waals surface area contributed by atoms with Crippen LogP contribution in [0, 0.1) is 69.2 Å². The van der Waals surface area contributed by atoms with Crippen LogP contribution in [0.25, 0.3) is 5.57 Å². The molecular weight excluding hydrogens is 320 g/mol. The number of benzene rings is 2. The molecule has 2 N–H and O–H groups in total. The third-order valence-electron chi connectivity index (χ3n) is 6.72. The summed E-state index contributed by atoms with van der Waals surface area (Å²) in [7, 11) is 0. The normalized spacial score (nSPS) is 11.0. The van der Waals surface area contributed by atoms with Gasteiger partial charge in [0.25, 0.3) is 5.95 Å². The summed E-state index contributed by atoms with van der Waals surface area (Å²) in [5.74, 6) is -0.604. The van der Waals surface area contributed by atoms with Gasteiger partial charge in [-0.15, -0.1) is 0 Å². The van der Waals surface area contributed by atoms with E-state index >= 15 is 0 Å². The molecule has 0 atom stereocenters. The monoisotopic (exact) mass is 352 g/mol. The maximum atomic E-state index is 10.4. The van der Waals surface area contributed by atoms with Gasteiger partial charge in [-0.25, -0.2) is 0 Å². The first-order valence-electron chi connectivity index (χ1n) is 9.20. The molecule has 140 valence electrons. The van der Waals surface area contributed by atoms with E-state index in [1.54, 1.807) is 0 Å². The lowest BCUT2D eigenvalue weighted by atomic mass is 9.79. The van der Waals surface area contributed by atoms with Gasteiger partial charge in [-0.1, -0.05) is 0 Å². The highest BCUT2D eigenvalue weighted by atomic mass is 16.5. The molecule has 2 heteroatoms. The molecule has 2 rings (SSSR count). The highest BCUT2D eigenvalue weighted by molar-refractivity contribution is 5.88. The number of aliphatic hydroxyl groups is 2. The van der Waals surface area contributed by atoms with Crippen molar-refractivity contribution in [3.05, 3.63) is 72.7 Å².